The maximum Gasteiger partial charge on any atom is 0.142 e. The zero-order valence-electron chi connectivity index (χ0n) is 9.50. The van der Waals surface area contributed by atoms with Gasteiger partial charge in [-0.3, -0.25) is 4.98 Å². The van der Waals surface area contributed by atoms with Gasteiger partial charge in [-0.15, -0.1) is 0 Å². The highest BCUT2D eigenvalue weighted by Gasteiger charge is 2.16. The van der Waals surface area contributed by atoms with Crippen molar-refractivity contribution in [1.82, 2.24) is 4.98 Å². The lowest BCUT2D eigenvalue weighted by Crippen LogP contribution is -2.06. The van der Waals surface area contributed by atoms with E-state index in [1.54, 1.807) is 43.6 Å². The number of para-hydroxylation sites is 1. The van der Waals surface area contributed by atoms with Crippen molar-refractivity contribution in [2.75, 3.05) is 12.8 Å². The van der Waals surface area contributed by atoms with Gasteiger partial charge in [0.05, 0.1) is 18.5 Å². The lowest BCUT2D eigenvalue weighted by molar-refractivity contribution is 0.215. The monoisotopic (exact) mass is 230 g/mol. The van der Waals surface area contributed by atoms with E-state index >= 15 is 0 Å². The molecule has 1 unspecified atom stereocenters. The van der Waals surface area contributed by atoms with Gasteiger partial charge in [-0.25, -0.2) is 0 Å². The number of nitrogen functional groups attached to an aromatic ring is 1. The Balaban J connectivity index is 2.41. The van der Waals surface area contributed by atoms with E-state index in [-0.39, 0.29) is 0 Å². The fourth-order valence-electron chi connectivity index (χ4n) is 1.67. The van der Waals surface area contributed by atoms with Crippen LogP contribution in [0.25, 0.3) is 0 Å². The molecule has 0 fully saturated rings. The highest BCUT2D eigenvalue weighted by Crippen LogP contribution is 2.31. The van der Waals surface area contributed by atoms with E-state index in [0.717, 1.165) is 0 Å². The van der Waals surface area contributed by atoms with Gasteiger partial charge in [0.2, 0.25) is 0 Å². The van der Waals surface area contributed by atoms with Gasteiger partial charge in [-0.1, -0.05) is 18.2 Å². The van der Waals surface area contributed by atoms with Gasteiger partial charge in [-0.05, 0) is 18.2 Å². The second-order valence-electron chi connectivity index (χ2n) is 3.62. The molecule has 3 N–H and O–H groups in total. The Bertz CT molecular complexity index is 500. The Morgan fingerprint density at radius 3 is 2.71 bits per heavy atom. The SMILES string of the molecule is COc1cccc(C(O)c2ccccn2)c1N. The minimum absolute atomic E-state index is 0.438. The number of ether oxygens (including phenoxy) is 1. The van der Waals surface area contributed by atoms with Gasteiger partial charge in [0, 0.05) is 11.8 Å². The first kappa shape index (κ1) is 11.4. The van der Waals surface area contributed by atoms with Crippen molar-refractivity contribution in [3.8, 4) is 5.75 Å². The fourth-order valence-corrected chi connectivity index (χ4v) is 1.67. The topological polar surface area (TPSA) is 68.4 Å². The molecule has 1 atom stereocenters. The smallest absolute Gasteiger partial charge is 0.142 e. The highest BCUT2D eigenvalue weighted by molar-refractivity contribution is 5.60. The molecule has 17 heavy (non-hydrogen) atoms. The summed E-state index contributed by atoms with van der Waals surface area (Å²) in [6.07, 6.45) is 0.792. The lowest BCUT2D eigenvalue weighted by Gasteiger charge is -2.14. The molecule has 4 nitrogen and oxygen atoms in total. The van der Waals surface area contributed by atoms with Crippen LogP contribution >= 0.6 is 0 Å². The minimum Gasteiger partial charge on any atom is -0.495 e. The summed E-state index contributed by atoms with van der Waals surface area (Å²) in [7, 11) is 1.54. The number of nitrogens with zero attached hydrogens (tertiary/aromatic N) is 1. The zero-order valence-corrected chi connectivity index (χ0v) is 9.50. The van der Waals surface area contributed by atoms with Crippen LogP contribution in [0.5, 0.6) is 5.75 Å². The lowest BCUT2D eigenvalue weighted by atomic mass is 10.0. The Kier molecular flexibility index (Phi) is 3.25. The molecule has 0 radical (unpaired) electrons. The van der Waals surface area contributed by atoms with Gasteiger partial charge in [0.15, 0.2) is 0 Å². The van der Waals surface area contributed by atoms with E-state index < -0.39 is 6.10 Å². The van der Waals surface area contributed by atoms with Crippen LogP contribution in [-0.4, -0.2) is 17.2 Å². The van der Waals surface area contributed by atoms with Crippen LogP contribution in [0.15, 0.2) is 42.6 Å². The molecule has 1 aromatic carbocycles. The molecule has 88 valence electrons. The van der Waals surface area contributed by atoms with Crippen LogP contribution in [0.3, 0.4) is 0 Å². The Morgan fingerprint density at radius 1 is 1.24 bits per heavy atom. The van der Waals surface area contributed by atoms with Crippen molar-refractivity contribution < 1.29 is 9.84 Å². The van der Waals surface area contributed by atoms with Crippen molar-refractivity contribution in [2.45, 2.75) is 6.10 Å². The Labute approximate surface area is 99.7 Å². The molecule has 0 saturated carbocycles. The third kappa shape index (κ3) is 2.21. The standard InChI is InChI=1S/C13H14N2O2/c1-17-11-7-4-5-9(12(11)14)13(16)10-6-2-3-8-15-10/h2-8,13,16H,14H2,1H3. The summed E-state index contributed by atoms with van der Waals surface area (Å²) in [6.45, 7) is 0. The second kappa shape index (κ2) is 4.84. The molecule has 4 heteroatoms. The summed E-state index contributed by atoms with van der Waals surface area (Å²) in [5.74, 6) is 0.553. The van der Waals surface area contributed by atoms with Crippen LogP contribution in [-0.2, 0) is 0 Å². The molecule has 2 aromatic rings. The average molecular weight is 230 g/mol. The van der Waals surface area contributed by atoms with Crippen molar-refractivity contribution in [1.29, 1.82) is 0 Å². The third-order valence-corrected chi connectivity index (χ3v) is 2.58. The largest absolute Gasteiger partial charge is 0.495 e. The van der Waals surface area contributed by atoms with E-state index in [1.807, 2.05) is 6.07 Å². The second-order valence-corrected chi connectivity index (χ2v) is 3.62. The van der Waals surface area contributed by atoms with E-state index in [2.05, 4.69) is 4.98 Å². The number of aromatic nitrogens is 1. The molecule has 0 spiro atoms. The number of rotatable bonds is 3. The summed E-state index contributed by atoms with van der Waals surface area (Å²) in [6, 6.07) is 10.7. The molecule has 0 aliphatic rings. The predicted octanol–water partition coefficient (Wildman–Crippen LogP) is 1.75. The van der Waals surface area contributed by atoms with E-state index in [9.17, 15) is 5.11 Å². The van der Waals surface area contributed by atoms with Gasteiger partial charge in [0.25, 0.3) is 0 Å². The predicted molar refractivity (Wildman–Crippen MR) is 65.7 cm³/mol. The summed E-state index contributed by atoms with van der Waals surface area (Å²) in [5.41, 5.74) is 7.52. The van der Waals surface area contributed by atoms with E-state index in [0.29, 0.717) is 22.7 Å². The molecule has 0 amide bonds. The first-order valence-corrected chi connectivity index (χ1v) is 5.25. The van der Waals surface area contributed by atoms with Gasteiger partial charge in [-0.2, -0.15) is 0 Å². The first-order chi connectivity index (χ1) is 8.24. The van der Waals surface area contributed by atoms with Crippen LogP contribution in [0.4, 0.5) is 5.69 Å². The summed E-state index contributed by atoms with van der Waals surface area (Å²) >= 11 is 0. The Hall–Kier alpha value is -2.07. The minimum atomic E-state index is -0.841. The maximum atomic E-state index is 10.2. The van der Waals surface area contributed by atoms with E-state index in [4.69, 9.17) is 10.5 Å². The number of pyridine rings is 1. The number of aliphatic hydroxyl groups is 1. The van der Waals surface area contributed by atoms with Crippen LogP contribution in [0, 0.1) is 0 Å². The van der Waals surface area contributed by atoms with E-state index in [1.165, 1.54) is 0 Å². The molecule has 0 saturated heterocycles. The summed E-state index contributed by atoms with van der Waals surface area (Å²) in [4.78, 5) is 4.11. The number of benzene rings is 1. The highest BCUT2D eigenvalue weighted by atomic mass is 16.5. The van der Waals surface area contributed by atoms with Crippen molar-refractivity contribution in [3.05, 3.63) is 53.9 Å². The number of hydrogen-bond acceptors (Lipinski definition) is 4. The molecule has 0 aliphatic carbocycles. The van der Waals surface area contributed by atoms with Gasteiger partial charge < -0.3 is 15.6 Å². The Morgan fingerprint density at radius 2 is 2.06 bits per heavy atom. The molecule has 1 heterocycles. The summed E-state index contributed by atoms with van der Waals surface area (Å²) < 4.78 is 5.12. The molecule has 0 aliphatic heterocycles. The number of hydrogen-bond donors (Lipinski definition) is 2. The van der Waals surface area contributed by atoms with Gasteiger partial charge in [0.1, 0.15) is 11.9 Å². The quantitative estimate of drug-likeness (QED) is 0.788. The zero-order chi connectivity index (χ0) is 12.3. The molecular weight excluding hydrogens is 216 g/mol. The normalized spacial score (nSPS) is 12.1. The van der Waals surface area contributed by atoms with Crippen molar-refractivity contribution >= 4 is 5.69 Å². The molecular formula is C13H14N2O2. The van der Waals surface area contributed by atoms with Crippen molar-refractivity contribution in [2.24, 2.45) is 0 Å². The number of nitrogens with two attached hydrogens (primary N) is 1. The van der Waals surface area contributed by atoms with Crippen LogP contribution in [0.1, 0.15) is 17.4 Å². The number of anilines is 1. The number of aliphatic hydroxyl groups excluding tert-OH is 1. The van der Waals surface area contributed by atoms with Crippen LogP contribution < -0.4 is 10.5 Å². The number of methoxy groups -OCH3 is 1. The third-order valence-electron chi connectivity index (χ3n) is 2.58. The van der Waals surface area contributed by atoms with Gasteiger partial charge >= 0.3 is 0 Å². The fraction of sp³-hybridized carbons (Fsp3) is 0.154. The first-order valence-electron chi connectivity index (χ1n) is 5.25. The average Bonchev–Trinajstić information content (AvgIpc) is 2.39. The molecule has 0 bridgehead atoms. The molecule has 1 aromatic heterocycles. The maximum absolute atomic E-state index is 10.2. The summed E-state index contributed by atoms with van der Waals surface area (Å²) in [5, 5.41) is 10.2. The molecule has 2 rings (SSSR count). The van der Waals surface area contributed by atoms with Crippen molar-refractivity contribution in [3.63, 3.8) is 0 Å². The van der Waals surface area contributed by atoms with Crippen LogP contribution in [0.2, 0.25) is 0 Å².